The molecule has 0 aliphatic carbocycles. The van der Waals surface area contributed by atoms with Gasteiger partial charge in [0, 0.05) is 50.9 Å². The maximum atomic E-state index is 14.3. The van der Waals surface area contributed by atoms with Gasteiger partial charge in [-0.2, -0.15) is 28.1 Å². The van der Waals surface area contributed by atoms with Crippen LogP contribution in [0.2, 0.25) is 0 Å². The van der Waals surface area contributed by atoms with Crippen molar-refractivity contribution >= 4 is 18.1 Å². The Bertz CT molecular complexity index is 1190. The molecule has 198 valence electrons. The smallest absolute Gasteiger partial charge is 0.378 e. The highest BCUT2D eigenvalue weighted by molar-refractivity contribution is 5.63. The fraction of sp³-hybridized carbons (Fsp3) is 0.440. The average Bonchev–Trinajstić information content (AvgIpc) is 3.14. The first kappa shape index (κ1) is 26.5. The molecule has 12 heteroatoms. The van der Waals surface area contributed by atoms with Crippen molar-refractivity contribution < 1.29 is 22.3 Å². The topological polar surface area (TPSA) is 78.8 Å². The molecule has 1 saturated heterocycles. The minimum absolute atomic E-state index is 0.168. The number of likely N-dealkylation sites (N-methyl/N-ethyl adjacent to an activating group) is 1. The lowest BCUT2D eigenvalue weighted by molar-refractivity contribution is -0.0893. The number of morpholine rings is 1. The Labute approximate surface area is 212 Å². The monoisotopic (exact) mass is 519 g/mol. The van der Waals surface area contributed by atoms with Crippen molar-refractivity contribution in [1.29, 1.82) is 0 Å². The molecule has 0 bridgehead atoms. The second-order valence-corrected chi connectivity index (χ2v) is 8.54. The fourth-order valence-corrected chi connectivity index (χ4v) is 3.88. The normalized spacial score (nSPS) is 16.2. The van der Waals surface area contributed by atoms with E-state index in [1.54, 1.807) is 19.1 Å². The molecule has 4 rings (SSSR count). The van der Waals surface area contributed by atoms with Crippen LogP contribution in [-0.2, 0) is 4.74 Å². The summed E-state index contributed by atoms with van der Waals surface area (Å²) in [6.45, 7) is 6.79. The molecule has 2 aliphatic rings. The Morgan fingerprint density at radius 3 is 2.62 bits per heavy atom. The van der Waals surface area contributed by atoms with E-state index in [4.69, 9.17) is 4.74 Å². The zero-order valence-corrected chi connectivity index (χ0v) is 20.7. The van der Waals surface area contributed by atoms with E-state index in [1.165, 1.54) is 18.4 Å². The lowest BCUT2D eigenvalue weighted by Crippen LogP contribution is -2.38. The van der Waals surface area contributed by atoms with Crippen LogP contribution in [0.5, 0.6) is 0 Å². The number of nitrogens with one attached hydrogen (secondary N) is 1. The molecule has 37 heavy (non-hydrogen) atoms. The van der Waals surface area contributed by atoms with Gasteiger partial charge >= 0.3 is 6.18 Å². The third-order valence-corrected chi connectivity index (χ3v) is 5.98. The molecule has 3 heterocycles. The number of benzene rings is 1. The largest absolute Gasteiger partial charge is 0.419 e. The molecule has 1 fully saturated rings. The summed E-state index contributed by atoms with van der Waals surface area (Å²) in [4.78, 5) is 21.6. The van der Waals surface area contributed by atoms with Gasteiger partial charge in [0.15, 0.2) is 5.82 Å². The summed E-state index contributed by atoms with van der Waals surface area (Å²) in [5.74, 6) is 0.521. The number of ether oxygens (including phenoxy) is 1. The first-order chi connectivity index (χ1) is 17.8. The molecule has 0 saturated carbocycles. The molecule has 1 N–H and O–H groups in total. The maximum absolute atomic E-state index is 14.3. The molecule has 8 nitrogen and oxygen atoms in total. The highest BCUT2D eigenvalue weighted by atomic mass is 19.4. The first-order valence-corrected chi connectivity index (χ1v) is 12.1. The van der Waals surface area contributed by atoms with Gasteiger partial charge in [-0.05, 0) is 31.6 Å². The Morgan fingerprint density at radius 2 is 1.92 bits per heavy atom. The number of aromatic nitrogens is 3. The maximum Gasteiger partial charge on any atom is 0.419 e. The van der Waals surface area contributed by atoms with E-state index < -0.39 is 11.7 Å². The van der Waals surface area contributed by atoms with Crippen molar-refractivity contribution in [3.63, 3.8) is 0 Å². The minimum Gasteiger partial charge on any atom is -0.378 e. The highest BCUT2D eigenvalue weighted by Crippen LogP contribution is 2.30. The third kappa shape index (κ3) is 6.62. The number of aryl methyl sites for hydroxylation is 1. The number of aliphatic imine (C=N–C) groups is 1. The number of rotatable bonds is 8. The van der Waals surface area contributed by atoms with Gasteiger partial charge in [0.25, 0.3) is 0 Å². The molecular formula is C25H29F4N7O. The molecule has 2 aliphatic heterocycles. The third-order valence-electron chi connectivity index (χ3n) is 5.98. The Balaban J connectivity index is 1.60. The number of anilines is 2. The minimum atomic E-state index is -4.52. The lowest BCUT2D eigenvalue weighted by atomic mass is 10.1. The van der Waals surface area contributed by atoms with E-state index >= 15 is 0 Å². The van der Waals surface area contributed by atoms with Crippen molar-refractivity contribution in [2.24, 2.45) is 4.99 Å². The standard InChI is InChI=1S/C25H29F4N7O/c1-3-35(11-10-31-22-19(25(27,28)29)6-4-5-9-30-22)23-32-21(18-8-7-17(2)20(26)16-18)33-24(34-23)36-12-14-37-15-13-36/h4,6-9,16,31H,3,5,10-15H2,1-2H3. The summed E-state index contributed by atoms with van der Waals surface area (Å²) >= 11 is 0. The van der Waals surface area contributed by atoms with Gasteiger partial charge in [-0.15, -0.1) is 0 Å². The summed E-state index contributed by atoms with van der Waals surface area (Å²) < 4.78 is 60.2. The van der Waals surface area contributed by atoms with Gasteiger partial charge in [-0.1, -0.05) is 18.2 Å². The van der Waals surface area contributed by atoms with Crippen LogP contribution < -0.4 is 15.1 Å². The second kappa shape index (κ2) is 11.7. The van der Waals surface area contributed by atoms with Crippen molar-refractivity contribution in [2.75, 3.05) is 55.7 Å². The van der Waals surface area contributed by atoms with Crippen LogP contribution >= 0.6 is 0 Å². The molecule has 0 radical (unpaired) electrons. The molecule has 1 aromatic carbocycles. The summed E-state index contributed by atoms with van der Waals surface area (Å²) in [6, 6.07) is 4.80. The molecule has 0 atom stereocenters. The number of alkyl halides is 3. The van der Waals surface area contributed by atoms with Gasteiger partial charge in [0.2, 0.25) is 11.9 Å². The van der Waals surface area contributed by atoms with Crippen LogP contribution in [0.15, 0.2) is 46.7 Å². The van der Waals surface area contributed by atoms with E-state index in [0.717, 1.165) is 6.08 Å². The van der Waals surface area contributed by atoms with E-state index in [2.05, 4.69) is 25.3 Å². The number of nitrogens with zero attached hydrogens (tertiary/aromatic N) is 6. The van der Waals surface area contributed by atoms with Crippen molar-refractivity contribution in [3.8, 4) is 11.4 Å². The van der Waals surface area contributed by atoms with Crippen molar-refractivity contribution in [1.82, 2.24) is 20.3 Å². The van der Waals surface area contributed by atoms with Gasteiger partial charge in [-0.25, -0.2) is 9.38 Å². The van der Waals surface area contributed by atoms with Crippen LogP contribution in [0.1, 0.15) is 18.9 Å². The molecule has 0 spiro atoms. The van der Waals surface area contributed by atoms with Gasteiger partial charge < -0.3 is 19.9 Å². The summed E-state index contributed by atoms with van der Waals surface area (Å²) in [5, 5.41) is 2.81. The zero-order chi connectivity index (χ0) is 26.4. The Hall–Kier alpha value is -3.54. The van der Waals surface area contributed by atoms with Crippen LogP contribution in [-0.4, -0.2) is 73.3 Å². The molecule has 0 unspecified atom stereocenters. The predicted molar refractivity (Wildman–Crippen MR) is 134 cm³/mol. The van der Waals surface area contributed by atoms with Crippen molar-refractivity contribution in [2.45, 2.75) is 26.4 Å². The molecule has 1 aromatic heterocycles. The summed E-state index contributed by atoms with van der Waals surface area (Å²) in [5.41, 5.74) is 0.203. The Kier molecular flexibility index (Phi) is 8.37. The first-order valence-electron chi connectivity index (χ1n) is 12.1. The van der Waals surface area contributed by atoms with E-state index in [9.17, 15) is 17.6 Å². The lowest BCUT2D eigenvalue weighted by Gasteiger charge is -2.28. The SMILES string of the molecule is CCN(CCNC1=C(C(F)(F)F)C=CCC=N1)c1nc(-c2ccc(C)c(F)c2)nc(N2CCOCC2)n1. The van der Waals surface area contributed by atoms with E-state index in [-0.39, 0.29) is 18.2 Å². The van der Waals surface area contributed by atoms with Crippen LogP contribution in [0.25, 0.3) is 11.4 Å². The predicted octanol–water partition coefficient (Wildman–Crippen LogP) is 4.04. The van der Waals surface area contributed by atoms with Crippen molar-refractivity contribution in [3.05, 3.63) is 53.1 Å². The van der Waals surface area contributed by atoms with Crippen LogP contribution in [0.3, 0.4) is 0 Å². The number of allylic oxidation sites excluding steroid dienone is 3. The molecule has 2 aromatic rings. The second-order valence-electron chi connectivity index (χ2n) is 8.54. The van der Waals surface area contributed by atoms with Gasteiger partial charge in [-0.3, -0.25) is 0 Å². The highest BCUT2D eigenvalue weighted by Gasteiger charge is 2.35. The van der Waals surface area contributed by atoms with Crippen LogP contribution in [0.4, 0.5) is 29.5 Å². The summed E-state index contributed by atoms with van der Waals surface area (Å²) in [6.07, 6.45) is -0.302. The van der Waals surface area contributed by atoms with E-state index in [1.807, 2.05) is 16.7 Å². The fourth-order valence-electron chi connectivity index (χ4n) is 3.88. The molecular weight excluding hydrogens is 490 g/mol. The van der Waals surface area contributed by atoms with Gasteiger partial charge in [0.1, 0.15) is 11.6 Å². The number of hydrogen-bond acceptors (Lipinski definition) is 8. The zero-order valence-electron chi connectivity index (χ0n) is 20.7. The Morgan fingerprint density at radius 1 is 1.14 bits per heavy atom. The number of hydrogen-bond donors (Lipinski definition) is 1. The van der Waals surface area contributed by atoms with E-state index in [0.29, 0.717) is 74.7 Å². The number of halogens is 4. The van der Waals surface area contributed by atoms with Crippen LogP contribution in [0, 0.1) is 12.7 Å². The average molecular weight is 520 g/mol. The molecule has 0 amide bonds. The quantitative estimate of drug-likeness (QED) is 0.528. The van der Waals surface area contributed by atoms with Gasteiger partial charge in [0.05, 0.1) is 18.8 Å². The summed E-state index contributed by atoms with van der Waals surface area (Å²) in [7, 11) is 0.